The van der Waals surface area contributed by atoms with E-state index >= 15 is 0 Å². The summed E-state index contributed by atoms with van der Waals surface area (Å²) in [6, 6.07) is 5.81. The first-order chi connectivity index (χ1) is 16.2. The molecular formula is C28H36N2O4. The van der Waals surface area contributed by atoms with Gasteiger partial charge in [-0.2, -0.15) is 0 Å². The number of aromatic nitrogens is 1. The number of anilines is 1. The third-order valence-electron chi connectivity index (χ3n) is 8.00. The molecule has 1 aromatic heterocycles. The van der Waals surface area contributed by atoms with Gasteiger partial charge in [0.05, 0.1) is 11.6 Å². The number of aliphatic hydroxyl groups excluding tert-OH is 1. The molecule has 6 nitrogen and oxygen atoms in total. The first-order valence-electron chi connectivity index (χ1n) is 12.8. The van der Waals surface area contributed by atoms with E-state index in [1.807, 2.05) is 32.0 Å². The summed E-state index contributed by atoms with van der Waals surface area (Å²) >= 11 is 0. The Morgan fingerprint density at radius 3 is 2.59 bits per heavy atom. The molecule has 3 saturated carbocycles. The Hall–Kier alpha value is -2.47. The lowest BCUT2D eigenvalue weighted by Gasteiger charge is -2.35. The van der Waals surface area contributed by atoms with E-state index in [2.05, 4.69) is 24.3 Å². The van der Waals surface area contributed by atoms with Crippen molar-refractivity contribution >= 4 is 17.4 Å². The number of ketones is 1. The van der Waals surface area contributed by atoms with Crippen LogP contribution in [0, 0.1) is 31.6 Å². The van der Waals surface area contributed by atoms with Gasteiger partial charge in [-0.15, -0.1) is 0 Å². The van der Waals surface area contributed by atoms with Crippen molar-refractivity contribution in [2.45, 2.75) is 90.1 Å². The fraction of sp³-hybridized carbons (Fsp3) is 0.607. The number of amides is 1. The first kappa shape index (κ1) is 23.3. The van der Waals surface area contributed by atoms with Crippen LogP contribution < -0.4 is 5.32 Å². The average molecular weight is 465 g/mol. The summed E-state index contributed by atoms with van der Waals surface area (Å²) < 4.78 is 5.94. The summed E-state index contributed by atoms with van der Waals surface area (Å²) in [6.07, 6.45) is 4.46. The van der Waals surface area contributed by atoms with Gasteiger partial charge in [0.15, 0.2) is 5.78 Å². The molecule has 1 aromatic carbocycles. The minimum Gasteiger partial charge on any atom is -0.384 e. The highest BCUT2D eigenvalue weighted by Gasteiger charge is 2.51. The Labute approximate surface area is 201 Å². The predicted octanol–water partition coefficient (Wildman–Crippen LogP) is 5.38. The SMILES string of the molecule is Cc1ccc(NC(=O)C2C(O)C(=O)CC2c2noc(C3CC(CC(C)C)C3)c2C2CC2)c(C)c1. The van der Waals surface area contributed by atoms with Crippen LogP contribution in [0.15, 0.2) is 22.7 Å². The molecule has 3 fully saturated rings. The molecule has 3 atom stereocenters. The second-order valence-corrected chi connectivity index (χ2v) is 11.3. The zero-order valence-corrected chi connectivity index (χ0v) is 20.6. The number of hydrogen-bond acceptors (Lipinski definition) is 5. The Bertz CT molecular complexity index is 1090. The van der Waals surface area contributed by atoms with E-state index in [1.165, 1.54) is 6.42 Å². The van der Waals surface area contributed by atoms with Gasteiger partial charge >= 0.3 is 0 Å². The van der Waals surface area contributed by atoms with Gasteiger partial charge < -0.3 is 14.9 Å². The molecule has 0 spiro atoms. The number of aryl methyl sites for hydroxylation is 2. The molecule has 2 aromatic rings. The topological polar surface area (TPSA) is 92.4 Å². The number of carbonyl (C=O) groups is 2. The van der Waals surface area contributed by atoms with Gasteiger partial charge in [0, 0.05) is 29.5 Å². The molecule has 3 aliphatic rings. The van der Waals surface area contributed by atoms with Crippen LogP contribution in [0.5, 0.6) is 0 Å². The van der Waals surface area contributed by atoms with Crippen LogP contribution in [0.2, 0.25) is 0 Å². The fourth-order valence-corrected chi connectivity index (χ4v) is 6.12. The molecule has 0 aliphatic heterocycles. The van der Waals surface area contributed by atoms with Crippen LogP contribution in [0.4, 0.5) is 5.69 Å². The quantitative estimate of drug-likeness (QED) is 0.574. The van der Waals surface area contributed by atoms with Crippen molar-refractivity contribution in [3.8, 4) is 0 Å². The highest BCUT2D eigenvalue weighted by atomic mass is 16.5. The average Bonchev–Trinajstić information content (AvgIpc) is 3.42. The second-order valence-electron chi connectivity index (χ2n) is 11.3. The minimum absolute atomic E-state index is 0.123. The minimum atomic E-state index is -1.32. The van der Waals surface area contributed by atoms with E-state index in [0.717, 1.165) is 59.7 Å². The summed E-state index contributed by atoms with van der Waals surface area (Å²) in [7, 11) is 0. The van der Waals surface area contributed by atoms with Crippen molar-refractivity contribution in [3.63, 3.8) is 0 Å². The normalized spacial score (nSPS) is 28.9. The van der Waals surface area contributed by atoms with E-state index in [9.17, 15) is 14.7 Å². The van der Waals surface area contributed by atoms with Crippen LogP contribution in [0.25, 0.3) is 0 Å². The molecule has 182 valence electrons. The van der Waals surface area contributed by atoms with Gasteiger partial charge in [-0.1, -0.05) is 36.7 Å². The van der Waals surface area contributed by atoms with Gasteiger partial charge in [-0.3, -0.25) is 9.59 Å². The Kier molecular flexibility index (Phi) is 6.13. The number of nitrogens with one attached hydrogen (secondary N) is 1. The van der Waals surface area contributed by atoms with Crippen LogP contribution in [0.3, 0.4) is 0 Å². The molecule has 3 aliphatic carbocycles. The maximum absolute atomic E-state index is 13.4. The van der Waals surface area contributed by atoms with Crippen LogP contribution in [0.1, 0.15) is 98.3 Å². The van der Waals surface area contributed by atoms with Crippen LogP contribution >= 0.6 is 0 Å². The number of carbonyl (C=O) groups excluding carboxylic acids is 2. The van der Waals surface area contributed by atoms with Gasteiger partial charge in [-0.05, 0) is 75.3 Å². The fourth-order valence-electron chi connectivity index (χ4n) is 6.12. The molecule has 0 bridgehead atoms. The van der Waals surface area contributed by atoms with Gasteiger partial charge in [0.25, 0.3) is 0 Å². The van der Waals surface area contributed by atoms with Crippen molar-refractivity contribution in [3.05, 3.63) is 46.3 Å². The van der Waals surface area contributed by atoms with Gasteiger partial charge in [-0.25, -0.2) is 0 Å². The molecular weight excluding hydrogens is 428 g/mol. The highest BCUT2D eigenvalue weighted by molar-refractivity contribution is 6.01. The number of rotatable bonds is 7. The number of benzene rings is 1. The number of aliphatic hydroxyl groups is 1. The highest BCUT2D eigenvalue weighted by Crippen LogP contribution is 2.54. The lowest BCUT2D eigenvalue weighted by Crippen LogP contribution is -2.34. The summed E-state index contributed by atoms with van der Waals surface area (Å²) in [5.74, 6) is 1.24. The molecule has 0 saturated heterocycles. The zero-order valence-electron chi connectivity index (χ0n) is 20.6. The molecule has 1 amide bonds. The van der Waals surface area contributed by atoms with Crippen molar-refractivity contribution in [1.29, 1.82) is 0 Å². The van der Waals surface area contributed by atoms with Crippen LogP contribution in [-0.2, 0) is 9.59 Å². The molecule has 0 radical (unpaired) electrons. The maximum Gasteiger partial charge on any atom is 0.231 e. The predicted molar refractivity (Wildman–Crippen MR) is 130 cm³/mol. The Morgan fingerprint density at radius 2 is 1.94 bits per heavy atom. The number of hydrogen-bond donors (Lipinski definition) is 2. The smallest absolute Gasteiger partial charge is 0.231 e. The largest absolute Gasteiger partial charge is 0.384 e. The molecule has 6 heteroatoms. The number of Topliss-reactive ketones (excluding diaryl/α,β-unsaturated/α-hetero) is 1. The van der Waals surface area contributed by atoms with Crippen molar-refractivity contribution in [2.75, 3.05) is 5.32 Å². The second kappa shape index (κ2) is 8.95. The summed E-state index contributed by atoms with van der Waals surface area (Å²) in [4.78, 5) is 26.0. The van der Waals surface area contributed by atoms with E-state index < -0.39 is 17.9 Å². The van der Waals surface area contributed by atoms with E-state index in [1.54, 1.807) is 0 Å². The third-order valence-corrected chi connectivity index (χ3v) is 8.00. The van der Waals surface area contributed by atoms with Crippen molar-refractivity contribution in [1.82, 2.24) is 5.16 Å². The Morgan fingerprint density at radius 1 is 1.21 bits per heavy atom. The van der Waals surface area contributed by atoms with E-state index in [4.69, 9.17) is 4.52 Å². The third kappa shape index (κ3) is 4.33. The number of nitrogens with zero attached hydrogens (tertiary/aromatic N) is 1. The molecule has 3 unspecified atom stereocenters. The zero-order chi connectivity index (χ0) is 24.1. The molecule has 5 rings (SSSR count). The first-order valence-corrected chi connectivity index (χ1v) is 12.8. The van der Waals surface area contributed by atoms with Crippen molar-refractivity contribution in [2.24, 2.45) is 17.8 Å². The summed E-state index contributed by atoms with van der Waals surface area (Å²) in [5, 5.41) is 18.1. The monoisotopic (exact) mass is 464 g/mol. The standard InChI is InChI=1S/C28H36N2O4/c1-14(2)9-17-11-19(12-17)27-23(18-6-7-18)25(30-34-27)20-13-22(31)26(32)24(20)28(33)29-21-8-5-15(3)10-16(21)4/h5,8,10,14,17-20,24,26,32H,6-7,9,11-13H2,1-4H3,(H,29,33). The lowest BCUT2D eigenvalue weighted by atomic mass is 9.69. The summed E-state index contributed by atoms with van der Waals surface area (Å²) in [5.41, 5.74) is 4.63. The molecule has 1 heterocycles. The summed E-state index contributed by atoms with van der Waals surface area (Å²) in [6.45, 7) is 8.47. The van der Waals surface area contributed by atoms with Gasteiger partial charge in [0.2, 0.25) is 5.91 Å². The molecule has 34 heavy (non-hydrogen) atoms. The molecule has 2 N–H and O–H groups in total. The van der Waals surface area contributed by atoms with Crippen LogP contribution in [-0.4, -0.2) is 28.1 Å². The van der Waals surface area contributed by atoms with E-state index in [0.29, 0.717) is 23.4 Å². The maximum atomic E-state index is 13.4. The van der Waals surface area contributed by atoms with Gasteiger partial charge in [0.1, 0.15) is 11.9 Å². The lowest BCUT2D eigenvalue weighted by molar-refractivity contribution is -0.131. The van der Waals surface area contributed by atoms with Crippen molar-refractivity contribution < 1.29 is 19.2 Å². The van der Waals surface area contributed by atoms with E-state index in [-0.39, 0.29) is 18.1 Å². The Balaban J connectivity index is 1.40.